The van der Waals surface area contributed by atoms with Gasteiger partial charge in [-0.2, -0.15) is 0 Å². The Labute approximate surface area is 161 Å². The number of thiazole rings is 1. The highest BCUT2D eigenvalue weighted by atomic mass is 32.1. The van der Waals surface area contributed by atoms with Crippen LogP contribution in [0.1, 0.15) is 10.6 Å². The van der Waals surface area contributed by atoms with Crippen LogP contribution in [0.5, 0.6) is 0 Å². The van der Waals surface area contributed by atoms with Gasteiger partial charge in [-0.25, -0.2) is 15.0 Å². The summed E-state index contributed by atoms with van der Waals surface area (Å²) in [5.41, 5.74) is 1.98. The Bertz CT molecular complexity index is 922. The fourth-order valence-corrected chi connectivity index (χ4v) is 3.98. The van der Waals surface area contributed by atoms with Gasteiger partial charge in [0.1, 0.15) is 16.6 Å². The van der Waals surface area contributed by atoms with Crippen molar-refractivity contribution in [2.24, 2.45) is 0 Å². The first-order valence-corrected chi connectivity index (χ1v) is 9.59. The zero-order chi connectivity index (χ0) is 18.8. The van der Waals surface area contributed by atoms with Gasteiger partial charge in [-0.05, 0) is 36.8 Å². The van der Waals surface area contributed by atoms with Gasteiger partial charge in [0, 0.05) is 25.5 Å². The summed E-state index contributed by atoms with van der Waals surface area (Å²) in [4.78, 5) is 16.4. The third-order valence-corrected chi connectivity index (χ3v) is 5.42. The van der Waals surface area contributed by atoms with E-state index in [4.69, 9.17) is 0 Å². The second kappa shape index (κ2) is 7.69. The molecule has 7 nitrogen and oxygen atoms in total. The third-order valence-electron chi connectivity index (χ3n) is 4.42. The Morgan fingerprint density at radius 3 is 2.74 bits per heavy atom. The average molecular weight is 383 g/mol. The lowest BCUT2D eigenvalue weighted by atomic mass is 10.3. The second-order valence-corrected chi connectivity index (χ2v) is 7.81. The summed E-state index contributed by atoms with van der Waals surface area (Å²) in [7, 11) is 0. The highest BCUT2D eigenvalue weighted by Crippen LogP contribution is 2.27. The molecule has 0 spiro atoms. The van der Waals surface area contributed by atoms with Gasteiger partial charge >= 0.3 is 0 Å². The number of rotatable bonds is 5. The molecule has 3 N–H and O–H groups in total. The molecule has 0 amide bonds. The van der Waals surface area contributed by atoms with Crippen molar-refractivity contribution in [1.29, 1.82) is 0 Å². The first-order valence-electron chi connectivity index (χ1n) is 8.77. The minimum atomic E-state index is -0.677. The predicted octanol–water partition coefficient (Wildman–Crippen LogP) is 2.19. The highest BCUT2D eigenvalue weighted by Gasteiger charge is 2.29. The quantitative estimate of drug-likeness (QED) is 0.622. The van der Waals surface area contributed by atoms with E-state index in [0.717, 1.165) is 32.8 Å². The Balaban J connectivity index is 1.47. The van der Waals surface area contributed by atoms with E-state index >= 15 is 0 Å². The molecule has 2 atom stereocenters. The molecular weight excluding hydrogens is 362 g/mol. The molecule has 0 saturated carbocycles. The number of nitrogens with zero attached hydrogens (tertiary/aromatic N) is 4. The summed E-state index contributed by atoms with van der Waals surface area (Å²) in [6.07, 6.45) is 2.23. The van der Waals surface area contributed by atoms with Gasteiger partial charge in [0.25, 0.3) is 0 Å². The normalized spacial score (nSPS) is 20.1. The van der Waals surface area contributed by atoms with Crippen molar-refractivity contribution in [2.75, 3.05) is 18.4 Å². The molecule has 0 unspecified atom stereocenters. The van der Waals surface area contributed by atoms with Crippen LogP contribution in [0.15, 0.2) is 42.7 Å². The molecule has 3 aromatic heterocycles. The fourth-order valence-electron chi connectivity index (χ4n) is 3.05. The van der Waals surface area contributed by atoms with Crippen LogP contribution in [0.3, 0.4) is 0 Å². The number of pyridine rings is 2. The molecule has 0 bridgehead atoms. The number of aryl methyl sites for hydroxylation is 1. The second-order valence-electron chi connectivity index (χ2n) is 6.70. The van der Waals surface area contributed by atoms with Crippen LogP contribution in [0.2, 0.25) is 0 Å². The number of aromatic nitrogens is 3. The van der Waals surface area contributed by atoms with Crippen LogP contribution < -0.4 is 5.32 Å². The lowest BCUT2D eigenvalue weighted by Crippen LogP contribution is -2.22. The Morgan fingerprint density at radius 2 is 1.96 bits per heavy atom. The summed E-state index contributed by atoms with van der Waals surface area (Å²) >= 11 is 1.57. The molecule has 0 aliphatic carbocycles. The number of nitrogens with one attached hydrogen (secondary N) is 1. The first kappa shape index (κ1) is 18.0. The zero-order valence-corrected chi connectivity index (χ0v) is 15.7. The van der Waals surface area contributed by atoms with Crippen LogP contribution >= 0.6 is 11.3 Å². The number of β-amino-alcohol motifs (C(OH)–C–C–N with tert-alkyl or cyclic N) is 2. The van der Waals surface area contributed by atoms with Crippen LogP contribution in [0.25, 0.3) is 10.6 Å². The molecule has 1 aliphatic heterocycles. The molecule has 0 radical (unpaired) electrons. The SMILES string of the molecule is Cc1ccnc(Nc2cccc(-c3cnc(CN4C[C@@H](O)[C@@H](O)C4)s3)n2)c1. The van der Waals surface area contributed by atoms with Gasteiger partial charge in [0.15, 0.2) is 0 Å². The number of likely N-dealkylation sites (tertiary alicyclic amines) is 1. The topological polar surface area (TPSA) is 94.4 Å². The lowest BCUT2D eigenvalue weighted by molar-refractivity contribution is 0.0572. The van der Waals surface area contributed by atoms with E-state index in [1.54, 1.807) is 17.5 Å². The summed E-state index contributed by atoms with van der Waals surface area (Å²) in [6.45, 7) is 3.58. The largest absolute Gasteiger partial charge is 0.389 e. The third kappa shape index (κ3) is 4.30. The Morgan fingerprint density at radius 1 is 1.15 bits per heavy atom. The van der Waals surface area contributed by atoms with Crippen LogP contribution in [0, 0.1) is 6.92 Å². The fraction of sp³-hybridized carbons (Fsp3) is 0.316. The van der Waals surface area contributed by atoms with Crippen LogP contribution in [-0.2, 0) is 6.54 Å². The van der Waals surface area contributed by atoms with Crippen molar-refractivity contribution in [1.82, 2.24) is 19.9 Å². The molecule has 4 rings (SSSR count). The van der Waals surface area contributed by atoms with Gasteiger partial charge in [0.2, 0.25) is 0 Å². The summed E-state index contributed by atoms with van der Waals surface area (Å²) < 4.78 is 0. The van der Waals surface area contributed by atoms with E-state index in [1.165, 1.54) is 0 Å². The standard InChI is InChI=1S/C19H21N5O2S/c1-12-5-6-20-18(7-12)23-17-4-2-3-13(22-17)16-8-21-19(27-16)11-24-9-14(25)15(26)10-24/h2-8,14-15,25-26H,9-11H2,1H3,(H,20,22,23)/t14-,15+. The van der Waals surface area contributed by atoms with Gasteiger partial charge in [-0.15, -0.1) is 11.3 Å². The van der Waals surface area contributed by atoms with Crippen molar-refractivity contribution >= 4 is 23.0 Å². The average Bonchev–Trinajstić information content (AvgIpc) is 3.22. The van der Waals surface area contributed by atoms with Crippen molar-refractivity contribution in [3.05, 3.63) is 53.3 Å². The maximum atomic E-state index is 9.67. The van der Waals surface area contributed by atoms with Crippen molar-refractivity contribution in [3.63, 3.8) is 0 Å². The predicted molar refractivity (Wildman–Crippen MR) is 105 cm³/mol. The molecule has 140 valence electrons. The van der Waals surface area contributed by atoms with E-state index in [9.17, 15) is 10.2 Å². The van der Waals surface area contributed by atoms with E-state index < -0.39 is 12.2 Å². The number of aliphatic hydroxyl groups is 2. The number of hydrogen-bond donors (Lipinski definition) is 3. The number of aliphatic hydroxyl groups excluding tert-OH is 2. The van der Waals surface area contributed by atoms with Crippen molar-refractivity contribution in [2.45, 2.75) is 25.7 Å². The maximum absolute atomic E-state index is 9.67. The van der Waals surface area contributed by atoms with E-state index in [2.05, 4.69) is 20.3 Å². The molecule has 1 saturated heterocycles. The van der Waals surface area contributed by atoms with Crippen molar-refractivity contribution < 1.29 is 10.2 Å². The Kier molecular flexibility index (Phi) is 5.13. The molecule has 1 fully saturated rings. The van der Waals surface area contributed by atoms with E-state index in [1.807, 2.05) is 48.4 Å². The minimum absolute atomic E-state index is 0.469. The molecule has 4 heterocycles. The highest BCUT2D eigenvalue weighted by molar-refractivity contribution is 7.15. The summed E-state index contributed by atoms with van der Waals surface area (Å²) in [5, 5.41) is 23.5. The number of hydrogen-bond acceptors (Lipinski definition) is 8. The zero-order valence-electron chi connectivity index (χ0n) is 14.9. The van der Waals surface area contributed by atoms with Gasteiger partial charge in [0.05, 0.1) is 29.3 Å². The molecule has 3 aromatic rings. The first-order chi connectivity index (χ1) is 13.1. The number of anilines is 2. The van der Waals surface area contributed by atoms with E-state index in [0.29, 0.717) is 19.6 Å². The smallest absolute Gasteiger partial charge is 0.132 e. The van der Waals surface area contributed by atoms with Crippen LogP contribution in [0.4, 0.5) is 11.6 Å². The van der Waals surface area contributed by atoms with Gasteiger partial charge < -0.3 is 15.5 Å². The minimum Gasteiger partial charge on any atom is -0.389 e. The van der Waals surface area contributed by atoms with Gasteiger partial charge in [-0.1, -0.05) is 6.07 Å². The molecule has 0 aromatic carbocycles. The van der Waals surface area contributed by atoms with Crippen molar-refractivity contribution in [3.8, 4) is 10.6 Å². The van der Waals surface area contributed by atoms with Gasteiger partial charge in [-0.3, -0.25) is 4.90 Å². The molecule has 27 heavy (non-hydrogen) atoms. The Hall–Kier alpha value is -2.39. The molecular formula is C19H21N5O2S. The maximum Gasteiger partial charge on any atom is 0.132 e. The molecule has 1 aliphatic rings. The summed E-state index contributed by atoms with van der Waals surface area (Å²) in [5.74, 6) is 1.49. The molecule has 8 heteroatoms. The van der Waals surface area contributed by atoms with Crippen LogP contribution in [-0.4, -0.2) is 55.4 Å². The van der Waals surface area contributed by atoms with E-state index in [-0.39, 0.29) is 0 Å². The lowest BCUT2D eigenvalue weighted by Gasteiger charge is -2.11. The monoisotopic (exact) mass is 383 g/mol. The summed E-state index contributed by atoms with van der Waals surface area (Å²) in [6, 6.07) is 9.73.